The van der Waals surface area contributed by atoms with E-state index >= 15 is 0 Å². The number of aliphatic hydroxyl groups excluding tert-OH is 2. The fourth-order valence-corrected chi connectivity index (χ4v) is 3.75. The van der Waals surface area contributed by atoms with Crippen LogP contribution in [0, 0.1) is 0 Å². The second-order valence-electron chi connectivity index (χ2n) is 6.85. The van der Waals surface area contributed by atoms with E-state index in [9.17, 15) is 10.2 Å². The average molecular weight is 345 g/mol. The van der Waals surface area contributed by atoms with E-state index in [-0.39, 0.29) is 12.1 Å². The van der Waals surface area contributed by atoms with Gasteiger partial charge in [0.2, 0.25) is 0 Å². The molecular formula is C23H23NO2. The Bertz CT molecular complexity index is 771. The molecule has 0 saturated carbocycles. The van der Waals surface area contributed by atoms with Crippen molar-refractivity contribution in [2.45, 2.75) is 30.8 Å². The van der Waals surface area contributed by atoms with Crippen LogP contribution in [0.1, 0.15) is 28.9 Å². The van der Waals surface area contributed by atoms with Crippen LogP contribution in [0.2, 0.25) is 0 Å². The first-order valence-electron chi connectivity index (χ1n) is 9.01. The third-order valence-corrected chi connectivity index (χ3v) is 5.16. The third kappa shape index (κ3) is 3.42. The number of hydrogen-bond acceptors (Lipinski definition) is 3. The van der Waals surface area contributed by atoms with E-state index in [1.54, 1.807) is 0 Å². The van der Waals surface area contributed by atoms with Crippen molar-refractivity contribution < 1.29 is 10.2 Å². The molecule has 1 aliphatic heterocycles. The van der Waals surface area contributed by atoms with Crippen LogP contribution in [0.15, 0.2) is 91.0 Å². The molecule has 1 heterocycles. The minimum atomic E-state index is -0.622. The summed E-state index contributed by atoms with van der Waals surface area (Å²) >= 11 is 0. The monoisotopic (exact) mass is 345 g/mol. The molecule has 132 valence electrons. The van der Waals surface area contributed by atoms with Gasteiger partial charge in [0, 0.05) is 6.54 Å². The molecule has 3 heteroatoms. The van der Waals surface area contributed by atoms with E-state index in [1.807, 2.05) is 78.9 Å². The molecule has 1 fully saturated rings. The third-order valence-electron chi connectivity index (χ3n) is 5.16. The molecule has 0 bridgehead atoms. The Morgan fingerprint density at radius 2 is 1.00 bits per heavy atom. The molecule has 0 spiro atoms. The van der Waals surface area contributed by atoms with Crippen LogP contribution in [0.25, 0.3) is 0 Å². The number of rotatable bonds is 6. The largest absolute Gasteiger partial charge is 0.387 e. The van der Waals surface area contributed by atoms with Gasteiger partial charge in [0.15, 0.2) is 0 Å². The van der Waals surface area contributed by atoms with Gasteiger partial charge < -0.3 is 10.2 Å². The molecular weight excluding hydrogens is 322 g/mol. The fourth-order valence-electron chi connectivity index (χ4n) is 3.75. The van der Waals surface area contributed by atoms with Gasteiger partial charge >= 0.3 is 0 Å². The van der Waals surface area contributed by atoms with Gasteiger partial charge in [-0.25, -0.2) is 0 Å². The summed E-state index contributed by atoms with van der Waals surface area (Å²) in [5, 5.41) is 21.8. The predicted octanol–water partition coefficient (Wildman–Crippen LogP) is 3.71. The molecule has 0 aliphatic carbocycles. The highest BCUT2D eigenvalue weighted by molar-refractivity contribution is 5.29. The highest BCUT2D eigenvalue weighted by atomic mass is 16.3. The summed E-state index contributed by atoms with van der Waals surface area (Å²) in [6, 6.07) is 29.4. The van der Waals surface area contributed by atoms with Gasteiger partial charge in [-0.05, 0) is 16.7 Å². The lowest BCUT2D eigenvalue weighted by Crippen LogP contribution is -2.13. The van der Waals surface area contributed by atoms with Crippen molar-refractivity contribution >= 4 is 0 Å². The number of nitrogens with zero attached hydrogens (tertiary/aromatic N) is 1. The molecule has 1 aliphatic rings. The van der Waals surface area contributed by atoms with Crippen LogP contribution in [0.5, 0.6) is 0 Å². The average Bonchev–Trinajstić information content (AvgIpc) is 3.42. The van der Waals surface area contributed by atoms with Crippen molar-refractivity contribution in [2.24, 2.45) is 0 Å². The summed E-state index contributed by atoms with van der Waals surface area (Å²) in [5.41, 5.74) is 2.96. The van der Waals surface area contributed by atoms with Crippen LogP contribution in [0.4, 0.5) is 0 Å². The fraction of sp³-hybridized carbons (Fsp3) is 0.217. The van der Waals surface area contributed by atoms with Gasteiger partial charge in [-0.15, -0.1) is 0 Å². The van der Waals surface area contributed by atoms with Crippen molar-refractivity contribution in [1.82, 2.24) is 4.90 Å². The zero-order chi connectivity index (χ0) is 17.9. The van der Waals surface area contributed by atoms with E-state index in [4.69, 9.17) is 0 Å². The summed E-state index contributed by atoms with van der Waals surface area (Å²) in [5.74, 6) is 0. The summed E-state index contributed by atoms with van der Waals surface area (Å²) in [7, 11) is 0. The summed E-state index contributed by atoms with van der Waals surface area (Å²) in [6.45, 7) is 0.712. The van der Waals surface area contributed by atoms with Gasteiger partial charge in [-0.1, -0.05) is 91.0 Å². The quantitative estimate of drug-likeness (QED) is 0.670. The zero-order valence-corrected chi connectivity index (χ0v) is 14.5. The lowest BCUT2D eigenvalue weighted by molar-refractivity contribution is 0.143. The Morgan fingerprint density at radius 1 is 0.615 bits per heavy atom. The Hall–Kier alpha value is -2.46. The van der Waals surface area contributed by atoms with Gasteiger partial charge in [-0.3, -0.25) is 4.90 Å². The Balaban J connectivity index is 1.59. The van der Waals surface area contributed by atoms with Crippen molar-refractivity contribution in [2.75, 3.05) is 0 Å². The molecule has 2 unspecified atom stereocenters. The maximum absolute atomic E-state index is 10.9. The molecule has 3 aromatic rings. The Labute approximate surface area is 154 Å². The van der Waals surface area contributed by atoms with Crippen LogP contribution in [-0.4, -0.2) is 27.2 Å². The number of benzene rings is 3. The highest BCUT2D eigenvalue weighted by Crippen LogP contribution is 2.45. The van der Waals surface area contributed by atoms with E-state index in [2.05, 4.69) is 17.0 Å². The lowest BCUT2D eigenvalue weighted by Gasteiger charge is -2.12. The molecule has 0 aromatic heterocycles. The lowest BCUT2D eigenvalue weighted by atomic mass is 9.99. The molecule has 1 saturated heterocycles. The predicted molar refractivity (Wildman–Crippen MR) is 102 cm³/mol. The van der Waals surface area contributed by atoms with E-state index < -0.39 is 12.2 Å². The second-order valence-corrected chi connectivity index (χ2v) is 6.85. The van der Waals surface area contributed by atoms with Crippen LogP contribution >= 0.6 is 0 Å². The highest BCUT2D eigenvalue weighted by Gasteiger charge is 2.55. The SMILES string of the molecule is OC(c1ccccc1)[C@@H]1[C@@H](C(O)c2ccccc2)N1Cc1ccccc1. The first-order chi connectivity index (χ1) is 12.8. The molecule has 3 aromatic carbocycles. The summed E-state index contributed by atoms with van der Waals surface area (Å²) in [6.07, 6.45) is -1.24. The Kier molecular flexibility index (Phi) is 4.85. The van der Waals surface area contributed by atoms with Crippen LogP contribution < -0.4 is 0 Å². The normalized spacial score (nSPS) is 24.0. The molecule has 0 radical (unpaired) electrons. The zero-order valence-electron chi connectivity index (χ0n) is 14.5. The van der Waals surface area contributed by atoms with E-state index in [1.165, 1.54) is 5.56 Å². The van der Waals surface area contributed by atoms with E-state index in [0.717, 1.165) is 11.1 Å². The topological polar surface area (TPSA) is 43.5 Å². The first-order valence-corrected chi connectivity index (χ1v) is 9.01. The maximum atomic E-state index is 10.9. The van der Waals surface area contributed by atoms with Crippen molar-refractivity contribution in [3.63, 3.8) is 0 Å². The van der Waals surface area contributed by atoms with Crippen LogP contribution in [0.3, 0.4) is 0 Å². The van der Waals surface area contributed by atoms with Gasteiger partial charge in [0.25, 0.3) is 0 Å². The molecule has 26 heavy (non-hydrogen) atoms. The molecule has 4 atom stereocenters. The maximum Gasteiger partial charge on any atom is 0.0961 e. The minimum absolute atomic E-state index is 0.104. The molecule has 4 rings (SSSR count). The first kappa shape index (κ1) is 17.0. The van der Waals surface area contributed by atoms with E-state index in [0.29, 0.717) is 6.54 Å². The molecule has 0 amide bonds. The number of aliphatic hydroxyl groups is 2. The molecule has 2 N–H and O–H groups in total. The Morgan fingerprint density at radius 3 is 1.42 bits per heavy atom. The van der Waals surface area contributed by atoms with Gasteiger partial charge in [0.05, 0.1) is 24.3 Å². The minimum Gasteiger partial charge on any atom is -0.387 e. The van der Waals surface area contributed by atoms with Crippen LogP contribution in [-0.2, 0) is 6.54 Å². The second kappa shape index (κ2) is 7.42. The van der Waals surface area contributed by atoms with Crippen molar-refractivity contribution in [3.05, 3.63) is 108 Å². The standard InChI is InChI=1S/C23H23NO2/c25-22(18-12-6-2-7-13-18)20-21(23(26)19-14-8-3-9-15-19)24(20)16-17-10-4-1-5-11-17/h1-15,20-23,25-26H,16H2/t20-,21-,22?,23?,24?/m0/s1. The molecule has 3 nitrogen and oxygen atoms in total. The van der Waals surface area contributed by atoms with Crippen molar-refractivity contribution in [1.29, 1.82) is 0 Å². The number of hydrogen-bond donors (Lipinski definition) is 2. The smallest absolute Gasteiger partial charge is 0.0961 e. The summed E-state index contributed by atoms with van der Waals surface area (Å²) in [4.78, 5) is 2.19. The van der Waals surface area contributed by atoms with Crippen molar-refractivity contribution in [3.8, 4) is 0 Å². The van der Waals surface area contributed by atoms with Gasteiger partial charge in [0.1, 0.15) is 0 Å². The van der Waals surface area contributed by atoms with Gasteiger partial charge in [-0.2, -0.15) is 0 Å². The summed E-state index contributed by atoms with van der Waals surface area (Å²) < 4.78 is 0.